The average Bonchev–Trinajstić information content (AvgIpc) is 2.68. The van der Waals surface area contributed by atoms with Gasteiger partial charge in [-0.15, -0.1) is 0 Å². The summed E-state index contributed by atoms with van der Waals surface area (Å²) in [6.45, 7) is 5.27. The maximum absolute atomic E-state index is 5.65. The fraction of sp³-hybridized carbons (Fsp3) is 0.727. The molecule has 1 rings (SSSR count). The molecule has 4 nitrogen and oxygen atoms in total. The number of hydrazine groups is 1. The number of hydrogen-bond acceptors (Lipinski definition) is 4. The van der Waals surface area contributed by atoms with Gasteiger partial charge < -0.3 is 0 Å². The van der Waals surface area contributed by atoms with Gasteiger partial charge >= 0.3 is 0 Å². The van der Waals surface area contributed by atoms with Crippen LogP contribution in [0.25, 0.3) is 0 Å². The van der Waals surface area contributed by atoms with Crippen LogP contribution in [-0.2, 0) is 6.54 Å². The number of halogens is 1. The highest BCUT2D eigenvalue weighted by Crippen LogP contribution is 2.26. The van der Waals surface area contributed by atoms with Gasteiger partial charge in [-0.05, 0) is 34.5 Å². The van der Waals surface area contributed by atoms with Crippen molar-refractivity contribution in [1.82, 2.24) is 15.2 Å². The van der Waals surface area contributed by atoms with Gasteiger partial charge in [-0.1, -0.05) is 13.8 Å². The maximum atomic E-state index is 5.65. The van der Waals surface area contributed by atoms with E-state index in [0.29, 0.717) is 0 Å². The second kappa shape index (κ2) is 8.13. The first-order valence-corrected chi connectivity index (χ1v) is 7.94. The Morgan fingerprint density at radius 3 is 2.88 bits per heavy atom. The number of thioether (sulfide) groups is 1. The zero-order valence-electron chi connectivity index (χ0n) is 10.4. The number of nitrogens with two attached hydrogens (primary N) is 1. The van der Waals surface area contributed by atoms with Crippen molar-refractivity contribution in [2.75, 3.05) is 11.5 Å². The Hall–Kier alpha value is -0.0400. The molecule has 1 aromatic rings. The second-order valence-corrected chi connectivity index (χ2v) is 5.90. The Bertz CT molecular complexity index is 329. The van der Waals surface area contributed by atoms with Gasteiger partial charge in [-0.25, -0.2) is 0 Å². The summed E-state index contributed by atoms with van der Waals surface area (Å²) < 4.78 is 3.06. The molecule has 6 heteroatoms. The van der Waals surface area contributed by atoms with Crippen molar-refractivity contribution in [3.8, 4) is 0 Å². The molecule has 1 heterocycles. The minimum absolute atomic E-state index is 0.148. The smallest absolute Gasteiger partial charge is 0.0730 e. The molecule has 0 radical (unpaired) electrons. The molecule has 1 atom stereocenters. The summed E-state index contributed by atoms with van der Waals surface area (Å²) in [5.74, 6) is 7.79. The monoisotopic (exact) mass is 320 g/mol. The molecule has 0 aliphatic rings. The zero-order chi connectivity index (χ0) is 12.7. The third-order valence-corrected chi connectivity index (χ3v) is 4.31. The van der Waals surface area contributed by atoms with E-state index in [4.69, 9.17) is 5.84 Å². The van der Waals surface area contributed by atoms with Crippen LogP contribution >= 0.6 is 27.7 Å². The highest BCUT2D eigenvalue weighted by molar-refractivity contribution is 9.10. The predicted octanol–water partition coefficient (Wildman–Crippen LogP) is 2.70. The van der Waals surface area contributed by atoms with Crippen molar-refractivity contribution >= 4 is 27.7 Å². The standard InChI is InChI=1S/C11H21BrN4S/c1-3-5-16-11(9(12)7-14-16)10(15-13)8-17-6-4-2/h7,10,15H,3-6,8,13H2,1-2H3. The van der Waals surface area contributed by atoms with Crippen LogP contribution in [0, 0.1) is 0 Å². The highest BCUT2D eigenvalue weighted by Gasteiger charge is 2.18. The Morgan fingerprint density at radius 2 is 2.29 bits per heavy atom. The van der Waals surface area contributed by atoms with Gasteiger partial charge in [0.2, 0.25) is 0 Å². The minimum Gasteiger partial charge on any atom is -0.271 e. The lowest BCUT2D eigenvalue weighted by Gasteiger charge is -2.18. The summed E-state index contributed by atoms with van der Waals surface area (Å²) >= 11 is 5.46. The van der Waals surface area contributed by atoms with Crippen LogP contribution in [0.5, 0.6) is 0 Å². The van der Waals surface area contributed by atoms with E-state index in [9.17, 15) is 0 Å². The number of nitrogens with one attached hydrogen (secondary N) is 1. The minimum atomic E-state index is 0.148. The van der Waals surface area contributed by atoms with Crippen molar-refractivity contribution in [3.05, 3.63) is 16.4 Å². The van der Waals surface area contributed by atoms with Gasteiger partial charge in [0.15, 0.2) is 0 Å². The van der Waals surface area contributed by atoms with Crippen molar-refractivity contribution in [2.45, 2.75) is 39.3 Å². The van der Waals surface area contributed by atoms with E-state index < -0.39 is 0 Å². The number of nitrogens with zero attached hydrogens (tertiary/aromatic N) is 2. The molecular weight excluding hydrogens is 300 g/mol. The molecule has 0 bridgehead atoms. The van der Waals surface area contributed by atoms with E-state index in [2.05, 4.69) is 40.3 Å². The molecule has 0 saturated heterocycles. The molecule has 0 amide bonds. The van der Waals surface area contributed by atoms with Crippen LogP contribution in [0.3, 0.4) is 0 Å². The van der Waals surface area contributed by atoms with Gasteiger partial charge in [-0.2, -0.15) is 16.9 Å². The largest absolute Gasteiger partial charge is 0.271 e. The normalized spacial score (nSPS) is 12.9. The molecule has 0 aliphatic heterocycles. The Balaban J connectivity index is 2.75. The first-order valence-electron chi connectivity index (χ1n) is 5.99. The lowest BCUT2D eigenvalue weighted by molar-refractivity contribution is 0.507. The van der Waals surface area contributed by atoms with Gasteiger partial charge in [0.25, 0.3) is 0 Å². The van der Waals surface area contributed by atoms with E-state index in [1.165, 1.54) is 6.42 Å². The van der Waals surface area contributed by atoms with Crippen LogP contribution < -0.4 is 11.3 Å². The van der Waals surface area contributed by atoms with Gasteiger partial charge in [0.1, 0.15) is 0 Å². The summed E-state index contributed by atoms with van der Waals surface area (Å²) in [5, 5.41) is 4.37. The second-order valence-electron chi connectivity index (χ2n) is 3.90. The molecule has 98 valence electrons. The van der Waals surface area contributed by atoms with Gasteiger partial charge in [0.05, 0.1) is 22.4 Å². The Kier molecular flexibility index (Phi) is 7.18. The lowest BCUT2D eigenvalue weighted by atomic mass is 10.2. The molecule has 1 unspecified atom stereocenters. The quantitative estimate of drug-likeness (QED) is 0.439. The zero-order valence-corrected chi connectivity index (χ0v) is 12.9. The fourth-order valence-electron chi connectivity index (χ4n) is 1.66. The summed E-state index contributed by atoms with van der Waals surface area (Å²) in [7, 11) is 0. The fourth-order valence-corrected chi connectivity index (χ4v) is 3.18. The summed E-state index contributed by atoms with van der Waals surface area (Å²) in [5.41, 5.74) is 4.04. The molecule has 1 aromatic heterocycles. The molecule has 0 fully saturated rings. The van der Waals surface area contributed by atoms with E-state index in [-0.39, 0.29) is 6.04 Å². The van der Waals surface area contributed by atoms with Crippen LogP contribution in [-0.4, -0.2) is 21.3 Å². The third kappa shape index (κ3) is 4.28. The average molecular weight is 321 g/mol. The van der Waals surface area contributed by atoms with Crippen molar-refractivity contribution in [3.63, 3.8) is 0 Å². The van der Waals surface area contributed by atoms with Crippen LogP contribution in [0.15, 0.2) is 10.7 Å². The van der Waals surface area contributed by atoms with Gasteiger partial charge in [0, 0.05) is 12.3 Å². The summed E-state index contributed by atoms with van der Waals surface area (Å²) in [6, 6.07) is 0.148. The van der Waals surface area contributed by atoms with E-state index in [1.54, 1.807) is 0 Å². The van der Waals surface area contributed by atoms with E-state index in [1.807, 2.05) is 22.6 Å². The molecule has 0 saturated carbocycles. The number of aryl methyl sites for hydroxylation is 1. The maximum Gasteiger partial charge on any atom is 0.0730 e. The van der Waals surface area contributed by atoms with Crippen molar-refractivity contribution in [1.29, 1.82) is 0 Å². The van der Waals surface area contributed by atoms with Crippen LogP contribution in [0.2, 0.25) is 0 Å². The van der Waals surface area contributed by atoms with E-state index in [0.717, 1.165) is 34.6 Å². The molecular formula is C11H21BrN4S. The predicted molar refractivity (Wildman–Crippen MR) is 77.9 cm³/mol. The molecule has 3 N–H and O–H groups in total. The first kappa shape index (κ1) is 15.0. The number of rotatable bonds is 8. The van der Waals surface area contributed by atoms with Gasteiger partial charge in [-0.3, -0.25) is 16.0 Å². The van der Waals surface area contributed by atoms with Crippen LogP contribution in [0.1, 0.15) is 38.4 Å². The number of hydrogen-bond donors (Lipinski definition) is 2. The lowest BCUT2D eigenvalue weighted by Crippen LogP contribution is -2.32. The Morgan fingerprint density at radius 1 is 1.53 bits per heavy atom. The third-order valence-electron chi connectivity index (χ3n) is 2.43. The highest BCUT2D eigenvalue weighted by atomic mass is 79.9. The first-order chi connectivity index (χ1) is 8.24. The molecule has 0 aliphatic carbocycles. The molecule has 0 spiro atoms. The molecule has 17 heavy (non-hydrogen) atoms. The van der Waals surface area contributed by atoms with Crippen molar-refractivity contribution < 1.29 is 0 Å². The number of aromatic nitrogens is 2. The van der Waals surface area contributed by atoms with Crippen LogP contribution in [0.4, 0.5) is 0 Å². The SMILES string of the molecule is CCCSCC(NN)c1c(Br)cnn1CCC. The molecule has 0 aromatic carbocycles. The van der Waals surface area contributed by atoms with Crippen molar-refractivity contribution in [2.24, 2.45) is 5.84 Å². The Labute approximate surface area is 116 Å². The topological polar surface area (TPSA) is 55.9 Å². The van der Waals surface area contributed by atoms with E-state index >= 15 is 0 Å². The summed E-state index contributed by atoms with van der Waals surface area (Å²) in [4.78, 5) is 0. The summed E-state index contributed by atoms with van der Waals surface area (Å²) in [6.07, 6.45) is 4.11.